The molecule has 5 nitrogen and oxygen atoms in total. The molecule has 1 aromatic heterocycles. The quantitative estimate of drug-likeness (QED) is 0.915. The molecule has 1 atom stereocenters. The number of aromatic nitrogens is 1. The number of benzene rings is 1. The predicted molar refractivity (Wildman–Crippen MR) is 69.6 cm³/mol. The smallest absolute Gasteiger partial charge is 0.310 e. The standard InChI is InChI=1S/C14H16N2O3/c1-14(13(17)18)6-7-16(9-14)8-12-15-10-4-2-3-5-11(10)19-12/h2-5H,6-9H2,1H3,(H,17,18). The van der Waals surface area contributed by atoms with E-state index in [2.05, 4.69) is 9.88 Å². The van der Waals surface area contributed by atoms with Crippen molar-refractivity contribution in [1.82, 2.24) is 9.88 Å². The molecule has 1 unspecified atom stereocenters. The minimum Gasteiger partial charge on any atom is -0.481 e. The van der Waals surface area contributed by atoms with Crippen molar-refractivity contribution in [3.63, 3.8) is 0 Å². The molecule has 0 amide bonds. The Hall–Kier alpha value is -1.88. The number of carboxylic acids is 1. The summed E-state index contributed by atoms with van der Waals surface area (Å²) in [5, 5.41) is 9.20. The first-order valence-corrected chi connectivity index (χ1v) is 6.37. The van der Waals surface area contributed by atoms with Crippen molar-refractivity contribution in [2.24, 2.45) is 5.41 Å². The molecule has 0 saturated carbocycles. The maximum absolute atomic E-state index is 11.2. The van der Waals surface area contributed by atoms with E-state index >= 15 is 0 Å². The first-order chi connectivity index (χ1) is 9.07. The second-order valence-corrected chi connectivity index (χ2v) is 5.40. The number of carboxylic acid groups (broad SMARTS) is 1. The van der Waals surface area contributed by atoms with Crippen molar-refractivity contribution in [3.8, 4) is 0 Å². The number of para-hydroxylation sites is 2. The summed E-state index contributed by atoms with van der Waals surface area (Å²) in [5.41, 5.74) is 0.974. The van der Waals surface area contributed by atoms with Crippen LogP contribution in [0.2, 0.25) is 0 Å². The van der Waals surface area contributed by atoms with Crippen molar-refractivity contribution in [2.75, 3.05) is 13.1 Å². The molecule has 3 rings (SSSR count). The Labute approximate surface area is 110 Å². The molecule has 2 heterocycles. The van der Waals surface area contributed by atoms with Gasteiger partial charge in [-0.25, -0.2) is 4.98 Å². The third-order valence-corrected chi connectivity index (χ3v) is 3.77. The molecule has 100 valence electrons. The van der Waals surface area contributed by atoms with Crippen LogP contribution in [-0.2, 0) is 11.3 Å². The first kappa shape index (κ1) is 12.2. The summed E-state index contributed by atoms with van der Waals surface area (Å²) in [5.74, 6) is -0.0802. The third-order valence-electron chi connectivity index (χ3n) is 3.77. The fourth-order valence-electron chi connectivity index (χ4n) is 2.54. The molecule has 0 spiro atoms. The lowest BCUT2D eigenvalue weighted by molar-refractivity contribution is -0.147. The van der Waals surface area contributed by atoms with Gasteiger partial charge in [0.25, 0.3) is 0 Å². The zero-order chi connectivity index (χ0) is 13.5. The Morgan fingerprint density at radius 2 is 2.32 bits per heavy atom. The fraction of sp³-hybridized carbons (Fsp3) is 0.429. The fourth-order valence-corrected chi connectivity index (χ4v) is 2.54. The van der Waals surface area contributed by atoms with Crippen LogP contribution < -0.4 is 0 Å². The van der Waals surface area contributed by atoms with Gasteiger partial charge in [-0.05, 0) is 32.0 Å². The van der Waals surface area contributed by atoms with Gasteiger partial charge in [-0.15, -0.1) is 0 Å². The second-order valence-electron chi connectivity index (χ2n) is 5.40. The van der Waals surface area contributed by atoms with E-state index in [1.807, 2.05) is 24.3 Å². The van der Waals surface area contributed by atoms with Gasteiger partial charge < -0.3 is 9.52 Å². The molecular weight excluding hydrogens is 244 g/mol. The van der Waals surface area contributed by atoms with Gasteiger partial charge in [0.05, 0.1) is 12.0 Å². The van der Waals surface area contributed by atoms with Crippen LogP contribution in [0.25, 0.3) is 11.1 Å². The second kappa shape index (κ2) is 4.35. The third kappa shape index (κ3) is 2.21. The minimum atomic E-state index is -0.729. The molecule has 1 saturated heterocycles. The zero-order valence-electron chi connectivity index (χ0n) is 10.8. The van der Waals surface area contributed by atoms with E-state index in [9.17, 15) is 9.90 Å². The summed E-state index contributed by atoms with van der Waals surface area (Å²) >= 11 is 0. The molecular formula is C14H16N2O3. The highest BCUT2D eigenvalue weighted by molar-refractivity contribution is 5.75. The number of hydrogen-bond donors (Lipinski definition) is 1. The maximum Gasteiger partial charge on any atom is 0.310 e. The summed E-state index contributed by atoms with van der Waals surface area (Å²) in [4.78, 5) is 17.7. The largest absolute Gasteiger partial charge is 0.481 e. The molecule has 1 N–H and O–H groups in total. The SMILES string of the molecule is CC1(C(=O)O)CCN(Cc2nc3ccccc3o2)C1. The highest BCUT2D eigenvalue weighted by atomic mass is 16.4. The Balaban J connectivity index is 1.74. The number of nitrogens with zero attached hydrogens (tertiary/aromatic N) is 2. The normalized spacial score (nSPS) is 24.1. The lowest BCUT2D eigenvalue weighted by atomic mass is 9.90. The van der Waals surface area contributed by atoms with Crippen LogP contribution in [0.4, 0.5) is 0 Å². The number of fused-ring (bicyclic) bond motifs is 1. The lowest BCUT2D eigenvalue weighted by Gasteiger charge is -2.18. The lowest BCUT2D eigenvalue weighted by Crippen LogP contribution is -2.31. The van der Waals surface area contributed by atoms with Crippen LogP contribution in [0.15, 0.2) is 28.7 Å². The number of hydrogen-bond acceptors (Lipinski definition) is 4. The van der Waals surface area contributed by atoms with Crippen LogP contribution in [0.3, 0.4) is 0 Å². The number of carbonyl (C=O) groups is 1. The molecule has 0 bridgehead atoms. The van der Waals surface area contributed by atoms with Crippen molar-refractivity contribution < 1.29 is 14.3 Å². The van der Waals surface area contributed by atoms with Gasteiger partial charge in [0.15, 0.2) is 5.58 Å². The maximum atomic E-state index is 11.2. The molecule has 1 aromatic carbocycles. The summed E-state index contributed by atoms with van der Waals surface area (Å²) < 4.78 is 5.66. The molecule has 1 aliphatic heterocycles. The van der Waals surface area contributed by atoms with Gasteiger partial charge >= 0.3 is 5.97 Å². The van der Waals surface area contributed by atoms with Gasteiger partial charge in [0, 0.05) is 6.54 Å². The highest BCUT2D eigenvalue weighted by Gasteiger charge is 2.40. The van der Waals surface area contributed by atoms with E-state index in [1.54, 1.807) is 6.92 Å². The van der Waals surface area contributed by atoms with Gasteiger partial charge in [0.2, 0.25) is 5.89 Å². The number of likely N-dealkylation sites (tertiary alicyclic amines) is 1. The molecule has 1 aliphatic rings. The molecule has 1 fully saturated rings. The van der Waals surface area contributed by atoms with E-state index in [-0.39, 0.29) is 0 Å². The van der Waals surface area contributed by atoms with Crippen LogP contribution in [0, 0.1) is 5.41 Å². The van der Waals surface area contributed by atoms with Crippen LogP contribution in [0.5, 0.6) is 0 Å². The molecule has 2 aromatic rings. The van der Waals surface area contributed by atoms with Gasteiger partial charge in [-0.1, -0.05) is 12.1 Å². The van der Waals surface area contributed by atoms with Gasteiger partial charge in [0.1, 0.15) is 5.52 Å². The number of oxazole rings is 1. The zero-order valence-corrected chi connectivity index (χ0v) is 10.8. The van der Waals surface area contributed by atoms with Crippen molar-refractivity contribution in [2.45, 2.75) is 19.9 Å². The monoisotopic (exact) mass is 260 g/mol. The summed E-state index contributed by atoms with van der Waals surface area (Å²) in [6.45, 7) is 3.67. The van der Waals surface area contributed by atoms with Gasteiger partial charge in [-0.2, -0.15) is 0 Å². The summed E-state index contributed by atoms with van der Waals surface area (Å²) in [7, 11) is 0. The average Bonchev–Trinajstić information content (AvgIpc) is 2.93. The molecule has 0 aliphatic carbocycles. The highest BCUT2D eigenvalue weighted by Crippen LogP contribution is 2.31. The number of aliphatic carboxylic acids is 1. The number of rotatable bonds is 3. The van der Waals surface area contributed by atoms with Crippen LogP contribution in [0.1, 0.15) is 19.2 Å². The molecule has 0 radical (unpaired) electrons. The van der Waals surface area contributed by atoms with E-state index < -0.39 is 11.4 Å². The van der Waals surface area contributed by atoms with E-state index in [0.29, 0.717) is 25.4 Å². The average molecular weight is 260 g/mol. The molecule has 19 heavy (non-hydrogen) atoms. The topological polar surface area (TPSA) is 66.6 Å². The van der Waals surface area contributed by atoms with Crippen LogP contribution >= 0.6 is 0 Å². The first-order valence-electron chi connectivity index (χ1n) is 6.37. The Morgan fingerprint density at radius 3 is 3.00 bits per heavy atom. The van der Waals surface area contributed by atoms with Crippen molar-refractivity contribution in [1.29, 1.82) is 0 Å². The van der Waals surface area contributed by atoms with Crippen LogP contribution in [-0.4, -0.2) is 34.0 Å². The van der Waals surface area contributed by atoms with E-state index in [4.69, 9.17) is 4.42 Å². The summed E-state index contributed by atoms with van der Waals surface area (Å²) in [6, 6.07) is 7.63. The molecule has 5 heteroatoms. The Morgan fingerprint density at radius 1 is 1.53 bits per heavy atom. The Bertz CT molecular complexity index is 589. The van der Waals surface area contributed by atoms with E-state index in [0.717, 1.165) is 17.6 Å². The minimum absolute atomic E-state index is 0.543. The Kier molecular flexibility index (Phi) is 2.78. The summed E-state index contributed by atoms with van der Waals surface area (Å²) in [6.07, 6.45) is 0.669. The van der Waals surface area contributed by atoms with Gasteiger partial charge in [-0.3, -0.25) is 9.69 Å². The predicted octanol–water partition coefficient (Wildman–Crippen LogP) is 2.12. The van der Waals surface area contributed by atoms with E-state index in [1.165, 1.54) is 0 Å². The van der Waals surface area contributed by atoms with Crippen molar-refractivity contribution >= 4 is 17.1 Å². The van der Waals surface area contributed by atoms with Crippen molar-refractivity contribution in [3.05, 3.63) is 30.2 Å².